The van der Waals surface area contributed by atoms with Gasteiger partial charge in [0.1, 0.15) is 0 Å². The first-order chi connectivity index (χ1) is 0. The van der Waals surface area contributed by atoms with E-state index in [2.05, 4.69) is 0 Å². The van der Waals surface area contributed by atoms with Crippen LogP contribution in [0.3, 0.4) is 0 Å². The summed E-state index contributed by atoms with van der Waals surface area (Å²) < 4.78 is 0. The minimum Gasteiger partial charge on any atom is -2.00 e. The van der Waals surface area contributed by atoms with Gasteiger partial charge in [-0.15, -0.1) is 0 Å². The van der Waals surface area contributed by atoms with Crippen LogP contribution in [0.5, 0.6) is 0 Å². The second kappa shape index (κ2) is 37.2. The van der Waals surface area contributed by atoms with E-state index in [1.54, 1.807) is 0 Å². The molecule has 0 bridgehead atoms. The standard InChI is InChI=1S/Li.2O.Te.Ti.H/q;2*-2;;+4;. The minimum absolute atomic E-state index is 0. The van der Waals surface area contributed by atoms with Crippen LogP contribution in [0.15, 0.2) is 0 Å². The largest absolute Gasteiger partial charge is 4.00 e. The minimum atomic E-state index is 0. The SMILES string of the molecule is [LiH].[O-2].[O-2].[Te].[Ti+4]. The van der Waals surface area contributed by atoms with Crippen LogP contribution in [0.4, 0.5) is 0 Å². The molecule has 5 heavy (non-hydrogen) atoms. The molecule has 0 unspecified atom stereocenters. The van der Waals surface area contributed by atoms with E-state index >= 15 is 0 Å². The Bertz CT molecular complexity index is 9.61. The Labute approximate surface area is 74.5 Å². The van der Waals surface area contributed by atoms with E-state index in [1.807, 2.05) is 0 Å². The van der Waals surface area contributed by atoms with Crippen molar-refractivity contribution in [3.05, 3.63) is 0 Å². The molecule has 0 heterocycles. The molecule has 0 aromatic rings. The van der Waals surface area contributed by atoms with Crippen molar-refractivity contribution in [2.45, 2.75) is 0 Å². The molecule has 2 nitrogen and oxygen atoms in total. The first-order valence-corrected chi connectivity index (χ1v) is 0. The molecule has 2 radical (unpaired) electrons. The summed E-state index contributed by atoms with van der Waals surface area (Å²) >= 11 is 0. The van der Waals surface area contributed by atoms with E-state index in [0.29, 0.717) is 0 Å². The molecule has 5 heteroatoms. The monoisotopic (exact) mass is 218 g/mol. The Morgan fingerprint density at radius 2 is 0.800 bits per heavy atom. The number of hydrogen-bond donors (Lipinski definition) is 0. The maximum Gasteiger partial charge on any atom is 4.00 e. The Balaban J connectivity index is 0. The van der Waals surface area contributed by atoms with Crippen LogP contribution in [0, 0.1) is 0 Å². The number of hydrogen-bond acceptors (Lipinski definition) is 0. The van der Waals surface area contributed by atoms with Crippen LogP contribution in [-0.2, 0) is 32.7 Å². The zero-order valence-electron chi connectivity index (χ0n) is 1.72. The van der Waals surface area contributed by atoms with Crippen molar-refractivity contribution in [2.75, 3.05) is 0 Å². The fourth-order valence-electron chi connectivity index (χ4n) is 0. The summed E-state index contributed by atoms with van der Waals surface area (Å²) in [7, 11) is 0. The molecular formula is HLiO2TeTi. The van der Waals surface area contributed by atoms with Crippen LogP contribution in [0.2, 0.25) is 0 Å². The maximum atomic E-state index is 0. The summed E-state index contributed by atoms with van der Waals surface area (Å²) in [5, 5.41) is 0. The van der Waals surface area contributed by atoms with Crippen molar-refractivity contribution >= 4 is 42.5 Å². The zero-order chi connectivity index (χ0) is 0. The van der Waals surface area contributed by atoms with Crippen LogP contribution in [0.1, 0.15) is 0 Å². The number of rotatable bonds is 0. The van der Waals surface area contributed by atoms with E-state index in [4.69, 9.17) is 0 Å². The van der Waals surface area contributed by atoms with Gasteiger partial charge in [0.15, 0.2) is 0 Å². The molecule has 0 atom stereocenters. The quantitative estimate of drug-likeness (QED) is 0.453. The molecule has 0 N–H and O–H groups in total. The molecule has 0 aromatic heterocycles. The van der Waals surface area contributed by atoms with Crippen LogP contribution in [0.25, 0.3) is 0 Å². The Hall–Kier alpha value is 2.02. The van der Waals surface area contributed by atoms with E-state index in [9.17, 15) is 0 Å². The van der Waals surface area contributed by atoms with Crippen molar-refractivity contribution in [3.63, 3.8) is 0 Å². The Morgan fingerprint density at radius 3 is 0.800 bits per heavy atom. The van der Waals surface area contributed by atoms with Gasteiger partial charge in [0.05, 0.1) is 0 Å². The van der Waals surface area contributed by atoms with Gasteiger partial charge < -0.3 is 11.0 Å². The molecule has 0 spiro atoms. The predicted molar refractivity (Wildman–Crippen MR) is 14.3 cm³/mol. The van der Waals surface area contributed by atoms with Gasteiger partial charge in [-0.05, 0) is 0 Å². The third-order valence-electron chi connectivity index (χ3n) is 0. The van der Waals surface area contributed by atoms with E-state index in [0.717, 1.165) is 0 Å². The smallest absolute Gasteiger partial charge is 2.00 e. The second-order valence-electron chi connectivity index (χ2n) is 0. The Morgan fingerprint density at radius 1 is 0.800 bits per heavy atom. The Kier molecular flexibility index (Phi) is 463. The summed E-state index contributed by atoms with van der Waals surface area (Å²) in [5.74, 6) is 0. The van der Waals surface area contributed by atoms with Crippen molar-refractivity contribution in [2.24, 2.45) is 0 Å². The normalized spacial score (nSPS) is 0. The predicted octanol–water partition coefficient (Wildman–Crippen LogP) is -1.27. The molecule has 0 aliphatic rings. The van der Waals surface area contributed by atoms with Crippen molar-refractivity contribution in [3.8, 4) is 0 Å². The molecule has 0 amide bonds. The molecular weight excluding hydrogens is 214 g/mol. The maximum absolute atomic E-state index is 0. The average molecular weight is 215 g/mol. The van der Waals surface area contributed by atoms with Crippen molar-refractivity contribution in [1.29, 1.82) is 0 Å². The van der Waals surface area contributed by atoms with Crippen LogP contribution >= 0.6 is 0 Å². The summed E-state index contributed by atoms with van der Waals surface area (Å²) in [4.78, 5) is 0. The molecule has 0 fully saturated rings. The van der Waals surface area contributed by atoms with Gasteiger partial charge in [-0.2, -0.15) is 0 Å². The van der Waals surface area contributed by atoms with Gasteiger partial charge in [0, 0.05) is 23.7 Å². The first-order valence-electron chi connectivity index (χ1n) is 0. The van der Waals surface area contributed by atoms with Crippen molar-refractivity contribution in [1.82, 2.24) is 0 Å². The topological polar surface area (TPSA) is 57.0 Å². The van der Waals surface area contributed by atoms with Crippen LogP contribution < -0.4 is 0 Å². The summed E-state index contributed by atoms with van der Waals surface area (Å²) in [6.45, 7) is 0. The molecule has 24 valence electrons. The van der Waals surface area contributed by atoms with Gasteiger partial charge in [-0.3, -0.25) is 0 Å². The van der Waals surface area contributed by atoms with E-state index < -0.39 is 0 Å². The van der Waals surface area contributed by atoms with Crippen LogP contribution in [-0.4, -0.2) is 42.5 Å². The molecule has 0 aliphatic carbocycles. The van der Waals surface area contributed by atoms with Gasteiger partial charge >= 0.3 is 40.6 Å². The van der Waals surface area contributed by atoms with Crippen molar-refractivity contribution < 1.29 is 32.7 Å². The molecule has 0 aromatic carbocycles. The zero-order valence-corrected chi connectivity index (χ0v) is 5.62. The summed E-state index contributed by atoms with van der Waals surface area (Å²) in [6, 6.07) is 0. The van der Waals surface area contributed by atoms with Gasteiger partial charge in [-0.25, -0.2) is 0 Å². The summed E-state index contributed by atoms with van der Waals surface area (Å²) in [5.41, 5.74) is 0. The molecule has 0 saturated heterocycles. The van der Waals surface area contributed by atoms with E-state index in [-0.39, 0.29) is 75.2 Å². The van der Waals surface area contributed by atoms with Gasteiger partial charge in [0.25, 0.3) is 0 Å². The third kappa shape index (κ3) is 23.8. The fraction of sp³-hybridized carbons (Fsp3) is 0. The average Bonchev–Trinajstić information content (AvgIpc) is 0. The third-order valence-corrected chi connectivity index (χ3v) is 0. The first kappa shape index (κ1) is 62.3. The summed E-state index contributed by atoms with van der Waals surface area (Å²) in [6.07, 6.45) is 0. The van der Waals surface area contributed by atoms with Gasteiger partial charge in [0.2, 0.25) is 0 Å². The molecule has 0 saturated carbocycles. The fourth-order valence-corrected chi connectivity index (χ4v) is 0. The second-order valence-corrected chi connectivity index (χ2v) is 0. The van der Waals surface area contributed by atoms with E-state index in [1.165, 1.54) is 0 Å². The molecule has 0 aliphatic heterocycles. The van der Waals surface area contributed by atoms with Gasteiger partial charge in [-0.1, -0.05) is 0 Å². The molecule has 0 rings (SSSR count).